The Morgan fingerprint density at radius 3 is 2.40 bits per heavy atom. The van der Waals surface area contributed by atoms with E-state index in [2.05, 4.69) is 43.4 Å². The van der Waals surface area contributed by atoms with E-state index in [1.165, 1.54) is 5.56 Å². The maximum atomic E-state index is 11.9. The van der Waals surface area contributed by atoms with E-state index in [0.29, 0.717) is 11.8 Å². The van der Waals surface area contributed by atoms with Gasteiger partial charge in [0, 0.05) is 0 Å². The van der Waals surface area contributed by atoms with Crippen molar-refractivity contribution < 1.29 is 4.79 Å². The molecule has 1 aromatic carbocycles. The summed E-state index contributed by atoms with van der Waals surface area (Å²) in [4.78, 5) is 11.9. The van der Waals surface area contributed by atoms with Gasteiger partial charge in [-0.25, -0.2) is 0 Å². The van der Waals surface area contributed by atoms with Crippen LogP contribution in [0.3, 0.4) is 0 Å². The van der Waals surface area contributed by atoms with E-state index in [-0.39, 0.29) is 5.91 Å². The van der Waals surface area contributed by atoms with Gasteiger partial charge in [-0.05, 0) is 49.6 Å². The van der Waals surface area contributed by atoms with Crippen molar-refractivity contribution in [2.24, 2.45) is 11.7 Å². The molecule has 3 heteroatoms. The topological polar surface area (TPSA) is 55.1 Å². The molecule has 0 unspecified atom stereocenters. The summed E-state index contributed by atoms with van der Waals surface area (Å²) < 4.78 is 0. The molecular weight excluding hydrogens is 248 g/mol. The number of hydrogen-bond acceptors (Lipinski definition) is 2. The minimum Gasteiger partial charge on any atom is -0.368 e. The van der Waals surface area contributed by atoms with E-state index in [1.54, 1.807) is 0 Å². The maximum absolute atomic E-state index is 11.9. The summed E-state index contributed by atoms with van der Waals surface area (Å²) in [7, 11) is 0. The zero-order valence-electron chi connectivity index (χ0n) is 12.6. The van der Waals surface area contributed by atoms with Gasteiger partial charge in [0.1, 0.15) is 0 Å². The molecule has 2 rings (SSSR count). The van der Waals surface area contributed by atoms with Gasteiger partial charge in [-0.1, -0.05) is 44.2 Å². The van der Waals surface area contributed by atoms with Crippen LogP contribution in [-0.4, -0.2) is 18.0 Å². The van der Waals surface area contributed by atoms with Crippen molar-refractivity contribution in [1.82, 2.24) is 5.32 Å². The van der Waals surface area contributed by atoms with Crippen LogP contribution in [-0.2, 0) is 4.79 Å². The van der Waals surface area contributed by atoms with Crippen LogP contribution in [0.4, 0.5) is 0 Å². The summed E-state index contributed by atoms with van der Waals surface area (Å²) in [5, 5.41) is 3.43. The molecule has 1 fully saturated rings. The molecule has 1 amide bonds. The summed E-state index contributed by atoms with van der Waals surface area (Å²) in [5.41, 5.74) is 6.56. The summed E-state index contributed by atoms with van der Waals surface area (Å²) >= 11 is 0. The normalized spacial score (nSPS) is 26.6. The molecule has 20 heavy (non-hydrogen) atoms. The average molecular weight is 274 g/mol. The molecule has 0 aliphatic heterocycles. The summed E-state index contributed by atoms with van der Waals surface area (Å²) in [6.45, 7) is 5.15. The lowest BCUT2D eigenvalue weighted by Gasteiger charge is -2.39. The smallest absolute Gasteiger partial charge is 0.237 e. The van der Waals surface area contributed by atoms with Gasteiger partial charge in [-0.3, -0.25) is 4.79 Å². The maximum Gasteiger partial charge on any atom is 0.237 e. The highest BCUT2D eigenvalue weighted by atomic mass is 16.1. The van der Waals surface area contributed by atoms with Crippen molar-refractivity contribution >= 4 is 5.91 Å². The molecule has 3 N–H and O–H groups in total. The Morgan fingerprint density at radius 1 is 1.30 bits per heavy atom. The highest BCUT2D eigenvalue weighted by Gasteiger charge is 2.40. The molecule has 1 aliphatic rings. The number of nitrogens with one attached hydrogen (secondary N) is 1. The van der Waals surface area contributed by atoms with Gasteiger partial charge < -0.3 is 11.1 Å². The second kappa shape index (κ2) is 6.40. The number of primary amides is 1. The molecule has 0 radical (unpaired) electrons. The third-order valence-electron chi connectivity index (χ3n) is 4.43. The van der Waals surface area contributed by atoms with Crippen molar-refractivity contribution in [3.8, 4) is 0 Å². The molecule has 110 valence electrons. The first-order valence-corrected chi connectivity index (χ1v) is 7.63. The Bertz CT molecular complexity index is 434. The van der Waals surface area contributed by atoms with Crippen LogP contribution in [0.1, 0.15) is 51.0 Å². The Balaban J connectivity index is 2.01. The molecular formula is C17H26N2O. The minimum atomic E-state index is -0.491. The largest absolute Gasteiger partial charge is 0.368 e. The van der Waals surface area contributed by atoms with Crippen molar-refractivity contribution in [2.75, 3.05) is 6.54 Å². The molecule has 0 saturated heterocycles. The fourth-order valence-electron chi connectivity index (χ4n) is 3.08. The van der Waals surface area contributed by atoms with Gasteiger partial charge in [0.2, 0.25) is 5.91 Å². The zero-order valence-corrected chi connectivity index (χ0v) is 12.6. The number of carbonyl (C=O) groups is 1. The molecule has 0 heterocycles. The van der Waals surface area contributed by atoms with E-state index in [0.717, 1.165) is 32.2 Å². The number of hydrogen-bond donors (Lipinski definition) is 2. The van der Waals surface area contributed by atoms with Gasteiger partial charge in [-0.15, -0.1) is 0 Å². The van der Waals surface area contributed by atoms with Crippen molar-refractivity contribution in [1.29, 1.82) is 0 Å². The van der Waals surface area contributed by atoms with Gasteiger partial charge in [0.25, 0.3) is 0 Å². The second-order valence-electron chi connectivity index (χ2n) is 6.41. The number of benzene rings is 1. The second-order valence-corrected chi connectivity index (χ2v) is 6.41. The van der Waals surface area contributed by atoms with E-state index in [9.17, 15) is 4.79 Å². The average Bonchev–Trinajstić information content (AvgIpc) is 2.46. The summed E-state index contributed by atoms with van der Waals surface area (Å²) in [6, 6.07) is 10.6. The van der Waals surface area contributed by atoms with Gasteiger partial charge in [0.05, 0.1) is 5.54 Å². The number of amides is 1. The lowest BCUT2D eigenvalue weighted by atomic mass is 9.73. The minimum absolute atomic E-state index is 0.190. The van der Waals surface area contributed by atoms with Crippen molar-refractivity contribution in [3.05, 3.63) is 35.9 Å². The number of nitrogens with two attached hydrogens (primary N) is 1. The predicted molar refractivity (Wildman–Crippen MR) is 82.4 cm³/mol. The molecule has 0 spiro atoms. The molecule has 0 bridgehead atoms. The third-order valence-corrected chi connectivity index (χ3v) is 4.43. The zero-order chi connectivity index (χ0) is 14.6. The molecule has 0 atom stereocenters. The first-order valence-electron chi connectivity index (χ1n) is 7.63. The highest BCUT2D eigenvalue weighted by Crippen LogP contribution is 2.37. The first-order chi connectivity index (χ1) is 9.53. The predicted octanol–water partition coefficient (Wildman–Crippen LogP) is 2.81. The molecule has 0 aromatic heterocycles. The monoisotopic (exact) mass is 274 g/mol. The van der Waals surface area contributed by atoms with E-state index < -0.39 is 5.54 Å². The van der Waals surface area contributed by atoms with Gasteiger partial charge >= 0.3 is 0 Å². The molecule has 1 aromatic rings. The summed E-state index contributed by atoms with van der Waals surface area (Å²) in [5.74, 6) is 0.896. The Morgan fingerprint density at radius 2 is 1.90 bits per heavy atom. The lowest BCUT2D eigenvalue weighted by molar-refractivity contribution is -0.126. The third kappa shape index (κ3) is 3.40. The van der Waals surface area contributed by atoms with Crippen LogP contribution in [0.5, 0.6) is 0 Å². The van der Waals surface area contributed by atoms with E-state index >= 15 is 0 Å². The Kier molecular flexibility index (Phi) is 4.81. The van der Waals surface area contributed by atoms with Crippen molar-refractivity contribution in [2.45, 2.75) is 51.0 Å². The van der Waals surface area contributed by atoms with Crippen LogP contribution < -0.4 is 11.1 Å². The van der Waals surface area contributed by atoms with Gasteiger partial charge in [-0.2, -0.15) is 0 Å². The Labute approximate surface area is 121 Å². The highest BCUT2D eigenvalue weighted by molar-refractivity contribution is 5.84. The molecule has 1 aliphatic carbocycles. The van der Waals surface area contributed by atoms with Gasteiger partial charge in [0.15, 0.2) is 0 Å². The Hall–Kier alpha value is -1.35. The molecule has 3 nitrogen and oxygen atoms in total. The van der Waals surface area contributed by atoms with E-state index in [1.807, 2.05) is 6.07 Å². The standard InChI is InChI=1S/C17H26N2O/c1-13(2)12-19-17(16(18)20)10-8-15(9-11-17)14-6-4-3-5-7-14/h3-7,13,15,19H,8-12H2,1-2H3,(H2,18,20). The first kappa shape index (κ1) is 15.0. The number of rotatable bonds is 5. The van der Waals surface area contributed by atoms with E-state index in [4.69, 9.17) is 5.73 Å². The van der Waals surface area contributed by atoms with Crippen LogP contribution in [0.2, 0.25) is 0 Å². The number of carbonyl (C=O) groups excluding carboxylic acids is 1. The van der Waals surface area contributed by atoms with Crippen LogP contribution >= 0.6 is 0 Å². The molecule has 1 saturated carbocycles. The fraction of sp³-hybridized carbons (Fsp3) is 0.588. The van der Waals surface area contributed by atoms with Crippen LogP contribution in [0, 0.1) is 5.92 Å². The summed E-state index contributed by atoms with van der Waals surface area (Å²) in [6.07, 6.45) is 3.74. The lowest BCUT2D eigenvalue weighted by Crippen LogP contribution is -2.57. The van der Waals surface area contributed by atoms with Crippen LogP contribution in [0.25, 0.3) is 0 Å². The van der Waals surface area contributed by atoms with Crippen molar-refractivity contribution in [3.63, 3.8) is 0 Å². The SMILES string of the molecule is CC(C)CNC1(C(N)=O)CCC(c2ccccc2)CC1. The quantitative estimate of drug-likeness (QED) is 0.867. The fourth-order valence-corrected chi connectivity index (χ4v) is 3.08. The van der Waals surface area contributed by atoms with Crippen LogP contribution in [0.15, 0.2) is 30.3 Å².